The number of nitrogens with two attached hydrogens (primary N) is 1. The Kier molecular flexibility index (Phi) is 5.20. The summed E-state index contributed by atoms with van der Waals surface area (Å²) in [4.78, 5) is 11.6. The SMILES string of the molecule is COC(=O)c1ccc(S(=O)(=O)N2CCCC(C)C2CN)cc1. The number of piperidine rings is 1. The van der Waals surface area contributed by atoms with Crippen LogP contribution < -0.4 is 5.73 Å². The van der Waals surface area contributed by atoms with Gasteiger partial charge in [0.05, 0.1) is 17.6 Å². The molecule has 22 heavy (non-hydrogen) atoms. The Labute approximate surface area is 131 Å². The first-order valence-corrected chi connectivity index (χ1v) is 8.76. The Bertz CT molecular complexity index is 627. The first-order chi connectivity index (χ1) is 10.4. The molecule has 1 aliphatic rings. The van der Waals surface area contributed by atoms with Crippen LogP contribution in [0.2, 0.25) is 0 Å². The van der Waals surface area contributed by atoms with Crippen molar-refractivity contribution in [2.75, 3.05) is 20.2 Å². The van der Waals surface area contributed by atoms with E-state index in [0.29, 0.717) is 18.7 Å². The molecule has 1 fully saturated rings. The predicted octanol–water partition coefficient (Wildman–Crippen LogP) is 1.22. The molecule has 0 bridgehead atoms. The van der Waals surface area contributed by atoms with Gasteiger partial charge in [-0.25, -0.2) is 13.2 Å². The van der Waals surface area contributed by atoms with Crippen LogP contribution in [0.4, 0.5) is 0 Å². The van der Waals surface area contributed by atoms with Crippen molar-refractivity contribution in [1.82, 2.24) is 4.31 Å². The third kappa shape index (κ3) is 3.16. The Morgan fingerprint density at radius 2 is 2.00 bits per heavy atom. The molecule has 2 N–H and O–H groups in total. The fourth-order valence-electron chi connectivity index (χ4n) is 2.88. The molecule has 0 radical (unpaired) electrons. The second-order valence-corrected chi connectivity index (χ2v) is 7.44. The first-order valence-electron chi connectivity index (χ1n) is 7.32. The highest BCUT2D eigenvalue weighted by molar-refractivity contribution is 7.89. The Hall–Kier alpha value is -1.44. The lowest BCUT2D eigenvalue weighted by Gasteiger charge is -2.38. The third-order valence-corrected chi connectivity index (χ3v) is 6.13. The number of hydrogen-bond acceptors (Lipinski definition) is 5. The molecule has 1 aliphatic heterocycles. The van der Waals surface area contributed by atoms with Crippen LogP contribution >= 0.6 is 0 Å². The van der Waals surface area contributed by atoms with Crippen LogP contribution in [-0.2, 0) is 14.8 Å². The average molecular weight is 326 g/mol. The number of carbonyl (C=O) groups excluding carboxylic acids is 1. The molecule has 0 aliphatic carbocycles. The molecule has 0 spiro atoms. The van der Waals surface area contributed by atoms with Crippen molar-refractivity contribution >= 4 is 16.0 Å². The molecule has 0 saturated carbocycles. The van der Waals surface area contributed by atoms with Gasteiger partial charge in [0.1, 0.15) is 0 Å². The third-order valence-electron chi connectivity index (χ3n) is 4.19. The summed E-state index contributed by atoms with van der Waals surface area (Å²) >= 11 is 0. The number of nitrogens with zero attached hydrogens (tertiary/aromatic N) is 1. The number of methoxy groups -OCH3 is 1. The maximum Gasteiger partial charge on any atom is 0.337 e. The van der Waals surface area contributed by atoms with Crippen LogP contribution in [0.15, 0.2) is 29.2 Å². The largest absolute Gasteiger partial charge is 0.465 e. The summed E-state index contributed by atoms with van der Waals surface area (Å²) in [6, 6.07) is 5.62. The summed E-state index contributed by atoms with van der Waals surface area (Å²) in [5.74, 6) is -0.252. The zero-order valence-corrected chi connectivity index (χ0v) is 13.7. The van der Waals surface area contributed by atoms with Gasteiger partial charge in [0.25, 0.3) is 0 Å². The van der Waals surface area contributed by atoms with Crippen molar-refractivity contribution in [2.45, 2.75) is 30.7 Å². The quantitative estimate of drug-likeness (QED) is 0.840. The molecule has 2 rings (SSSR count). The molecule has 0 aromatic heterocycles. The van der Waals surface area contributed by atoms with Crippen LogP contribution in [-0.4, -0.2) is 44.9 Å². The van der Waals surface area contributed by atoms with Crippen LogP contribution in [0.3, 0.4) is 0 Å². The van der Waals surface area contributed by atoms with Gasteiger partial charge in [0.2, 0.25) is 10.0 Å². The maximum atomic E-state index is 12.8. The maximum absolute atomic E-state index is 12.8. The summed E-state index contributed by atoms with van der Waals surface area (Å²) in [6.45, 7) is 2.81. The van der Waals surface area contributed by atoms with E-state index in [9.17, 15) is 13.2 Å². The van der Waals surface area contributed by atoms with Crippen molar-refractivity contribution in [3.8, 4) is 0 Å². The van der Waals surface area contributed by atoms with E-state index >= 15 is 0 Å². The number of carbonyl (C=O) groups is 1. The summed E-state index contributed by atoms with van der Waals surface area (Å²) in [7, 11) is -2.32. The first kappa shape index (κ1) is 16.9. The smallest absolute Gasteiger partial charge is 0.337 e. The van der Waals surface area contributed by atoms with E-state index < -0.39 is 16.0 Å². The predicted molar refractivity (Wildman–Crippen MR) is 82.9 cm³/mol. The topological polar surface area (TPSA) is 89.7 Å². The molecule has 2 unspecified atom stereocenters. The molecule has 2 atom stereocenters. The van der Waals surface area contributed by atoms with Crippen LogP contribution in [0.5, 0.6) is 0 Å². The van der Waals surface area contributed by atoms with E-state index in [0.717, 1.165) is 12.8 Å². The van der Waals surface area contributed by atoms with E-state index in [1.165, 1.54) is 35.7 Å². The summed E-state index contributed by atoms with van der Waals surface area (Å²) < 4.78 is 31.7. The number of rotatable bonds is 4. The lowest BCUT2D eigenvalue weighted by atomic mass is 9.93. The number of esters is 1. The van der Waals surface area contributed by atoms with E-state index in [-0.39, 0.29) is 16.9 Å². The summed E-state index contributed by atoms with van der Waals surface area (Å²) in [5, 5.41) is 0. The molecule has 7 heteroatoms. The number of sulfonamides is 1. The van der Waals surface area contributed by atoms with Gasteiger partial charge in [-0.2, -0.15) is 4.31 Å². The van der Waals surface area contributed by atoms with Crippen LogP contribution in [0.1, 0.15) is 30.1 Å². The number of ether oxygens (including phenoxy) is 1. The van der Waals surface area contributed by atoms with Crippen LogP contribution in [0, 0.1) is 5.92 Å². The van der Waals surface area contributed by atoms with Crippen molar-refractivity contribution in [2.24, 2.45) is 11.7 Å². The normalized spacial score (nSPS) is 23.2. The molecular weight excluding hydrogens is 304 g/mol. The highest BCUT2D eigenvalue weighted by Crippen LogP contribution is 2.28. The zero-order chi connectivity index (χ0) is 16.3. The van der Waals surface area contributed by atoms with E-state index in [1.807, 2.05) is 6.92 Å². The molecule has 1 aromatic rings. The van der Waals surface area contributed by atoms with Gasteiger partial charge < -0.3 is 10.5 Å². The molecule has 0 amide bonds. The van der Waals surface area contributed by atoms with E-state index in [2.05, 4.69) is 4.74 Å². The molecule has 122 valence electrons. The monoisotopic (exact) mass is 326 g/mol. The Balaban J connectivity index is 2.31. The minimum atomic E-state index is -3.60. The van der Waals surface area contributed by atoms with Crippen molar-refractivity contribution in [3.05, 3.63) is 29.8 Å². The van der Waals surface area contributed by atoms with Gasteiger partial charge in [-0.1, -0.05) is 6.92 Å². The molecule has 1 heterocycles. The van der Waals surface area contributed by atoms with Gasteiger partial charge >= 0.3 is 5.97 Å². The number of benzene rings is 1. The standard InChI is InChI=1S/C15H22N2O4S/c1-11-4-3-9-17(14(11)10-16)22(19,20)13-7-5-12(6-8-13)15(18)21-2/h5-8,11,14H,3-4,9-10,16H2,1-2H3. The fourth-order valence-corrected chi connectivity index (χ4v) is 4.65. The molecule has 1 saturated heterocycles. The average Bonchev–Trinajstić information content (AvgIpc) is 2.54. The second-order valence-electron chi connectivity index (χ2n) is 5.55. The van der Waals surface area contributed by atoms with Crippen molar-refractivity contribution < 1.29 is 17.9 Å². The van der Waals surface area contributed by atoms with Crippen molar-refractivity contribution in [1.29, 1.82) is 0 Å². The van der Waals surface area contributed by atoms with Gasteiger partial charge in [0, 0.05) is 19.1 Å². The second kappa shape index (κ2) is 6.76. The van der Waals surface area contributed by atoms with E-state index in [4.69, 9.17) is 5.73 Å². The molecular formula is C15H22N2O4S. The highest BCUT2D eigenvalue weighted by atomic mass is 32.2. The lowest BCUT2D eigenvalue weighted by Crippen LogP contribution is -2.51. The minimum absolute atomic E-state index is 0.174. The van der Waals surface area contributed by atoms with Gasteiger partial charge in [-0.15, -0.1) is 0 Å². The van der Waals surface area contributed by atoms with Gasteiger partial charge in [-0.05, 0) is 43.0 Å². The van der Waals surface area contributed by atoms with Gasteiger partial charge in [-0.3, -0.25) is 0 Å². The molecule has 6 nitrogen and oxygen atoms in total. The fraction of sp³-hybridized carbons (Fsp3) is 0.533. The summed E-state index contributed by atoms with van der Waals surface area (Å²) in [6.07, 6.45) is 1.81. The highest BCUT2D eigenvalue weighted by Gasteiger charge is 2.36. The number of hydrogen-bond donors (Lipinski definition) is 1. The lowest BCUT2D eigenvalue weighted by molar-refractivity contribution is 0.0600. The van der Waals surface area contributed by atoms with Gasteiger partial charge in [0.15, 0.2) is 0 Å². The Morgan fingerprint density at radius 3 is 2.55 bits per heavy atom. The van der Waals surface area contributed by atoms with Crippen LogP contribution in [0.25, 0.3) is 0 Å². The Morgan fingerprint density at radius 1 is 1.36 bits per heavy atom. The zero-order valence-electron chi connectivity index (χ0n) is 12.9. The molecule has 1 aromatic carbocycles. The minimum Gasteiger partial charge on any atom is -0.465 e. The van der Waals surface area contributed by atoms with E-state index in [1.54, 1.807) is 0 Å². The van der Waals surface area contributed by atoms with Crippen molar-refractivity contribution in [3.63, 3.8) is 0 Å². The summed E-state index contributed by atoms with van der Waals surface area (Å²) in [5.41, 5.74) is 6.10.